The maximum atomic E-state index is 5.89. The molecule has 3 N–H and O–H groups in total. The van der Waals surface area contributed by atoms with Gasteiger partial charge in [-0.2, -0.15) is 4.98 Å². The van der Waals surface area contributed by atoms with Crippen molar-refractivity contribution in [1.82, 2.24) is 19.5 Å². The zero-order chi connectivity index (χ0) is 15.5. The Balaban J connectivity index is 1.83. The summed E-state index contributed by atoms with van der Waals surface area (Å²) in [5, 5.41) is 3.59. The molecule has 1 atom stereocenters. The fraction of sp³-hybridized carbons (Fsp3) is 0.133. The molecular weight excluding hydrogens is 300 g/mol. The molecule has 0 aliphatic heterocycles. The summed E-state index contributed by atoms with van der Waals surface area (Å²) in [6.45, 7) is 2.04. The van der Waals surface area contributed by atoms with E-state index in [0.717, 1.165) is 11.3 Å². The van der Waals surface area contributed by atoms with Crippen LogP contribution in [0.25, 0.3) is 5.69 Å². The third-order valence-electron chi connectivity index (χ3n) is 3.25. The zero-order valence-electron chi connectivity index (χ0n) is 11.9. The molecule has 1 unspecified atom stereocenters. The van der Waals surface area contributed by atoms with Crippen LogP contribution in [0.1, 0.15) is 18.5 Å². The number of halogens is 1. The van der Waals surface area contributed by atoms with Gasteiger partial charge in [0.15, 0.2) is 0 Å². The molecule has 3 aromatic rings. The van der Waals surface area contributed by atoms with Crippen LogP contribution in [0, 0.1) is 0 Å². The third kappa shape index (κ3) is 3.17. The zero-order valence-corrected chi connectivity index (χ0v) is 12.7. The van der Waals surface area contributed by atoms with Gasteiger partial charge in [-0.3, -0.25) is 0 Å². The second-order valence-corrected chi connectivity index (χ2v) is 5.25. The largest absolute Gasteiger partial charge is 0.368 e. The highest BCUT2D eigenvalue weighted by atomic mass is 35.5. The van der Waals surface area contributed by atoms with Gasteiger partial charge in [0.1, 0.15) is 11.0 Å². The van der Waals surface area contributed by atoms with Gasteiger partial charge in [-0.15, -0.1) is 0 Å². The van der Waals surface area contributed by atoms with E-state index in [9.17, 15) is 0 Å². The molecule has 0 aliphatic carbocycles. The standard InChI is InChI=1S/C15H15ClN6/c1-10(19-14-8-13(16)20-15(17)21-14)11-3-2-4-12(7-11)22-6-5-18-9-22/h2-10H,1H3,(H3,17,19,20,21). The Morgan fingerprint density at radius 3 is 2.86 bits per heavy atom. The first-order valence-electron chi connectivity index (χ1n) is 6.77. The van der Waals surface area contributed by atoms with Crippen LogP contribution < -0.4 is 11.1 Å². The van der Waals surface area contributed by atoms with Crippen LogP contribution >= 0.6 is 11.6 Å². The molecule has 2 aromatic heterocycles. The Hall–Kier alpha value is -2.60. The summed E-state index contributed by atoms with van der Waals surface area (Å²) in [4.78, 5) is 12.0. The summed E-state index contributed by atoms with van der Waals surface area (Å²) in [6, 6.07) is 9.85. The van der Waals surface area contributed by atoms with E-state index >= 15 is 0 Å². The van der Waals surface area contributed by atoms with Crippen LogP contribution in [0.3, 0.4) is 0 Å². The van der Waals surface area contributed by atoms with Crippen molar-refractivity contribution in [3.8, 4) is 5.69 Å². The van der Waals surface area contributed by atoms with Crippen LogP contribution in [-0.2, 0) is 0 Å². The Bertz CT molecular complexity index is 751. The molecule has 1 aromatic carbocycles. The van der Waals surface area contributed by atoms with E-state index in [4.69, 9.17) is 17.3 Å². The molecule has 0 radical (unpaired) electrons. The van der Waals surface area contributed by atoms with Gasteiger partial charge in [0, 0.05) is 24.1 Å². The predicted octanol–water partition coefficient (Wildman–Crippen LogP) is 3.07. The lowest BCUT2D eigenvalue weighted by Gasteiger charge is -2.16. The monoisotopic (exact) mass is 314 g/mol. The molecular formula is C15H15ClN6. The number of nitrogen functional groups attached to an aromatic ring is 1. The van der Waals surface area contributed by atoms with Crippen molar-refractivity contribution in [1.29, 1.82) is 0 Å². The molecule has 0 saturated carbocycles. The summed E-state index contributed by atoms with van der Waals surface area (Å²) in [5.41, 5.74) is 7.76. The SMILES string of the molecule is CC(Nc1cc(Cl)nc(N)n1)c1cccc(-n2ccnc2)c1. The molecule has 0 saturated heterocycles. The Kier molecular flexibility index (Phi) is 3.93. The smallest absolute Gasteiger partial charge is 0.223 e. The highest BCUT2D eigenvalue weighted by molar-refractivity contribution is 6.29. The van der Waals surface area contributed by atoms with Crippen molar-refractivity contribution in [2.24, 2.45) is 0 Å². The average Bonchev–Trinajstić information content (AvgIpc) is 3.00. The summed E-state index contributed by atoms with van der Waals surface area (Å²) in [6.07, 6.45) is 5.42. The fourth-order valence-corrected chi connectivity index (χ4v) is 2.37. The minimum Gasteiger partial charge on any atom is -0.368 e. The molecule has 2 heterocycles. The molecule has 0 fully saturated rings. The maximum absolute atomic E-state index is 5.89. The van der Waals surface area contributed by atoms with Crippen molar-refractivity contribution < 1.29 is 0 Å². The van der Waals surface area contributed by atoms with Crippen LogP contribution in [-0.4, -0.2) is 19.5 Å². The Morgan fingerprint density at radius 2 is 2.14 bits per heavy atom. The van der Waals surface area contributed by atoms with Crippen LogP contribution in [0.4, 0.5) is 11.8 Å². The normalized spacial score (nSPS) is 12.1. The number of rotatable bonds is 4. The minimum absolute atomic E-state index is 0.0360. The van der Waals surface area contributed by atoms with Gasteiger partial charge >= 0.3 is 0 Å². The van der Waals surface area contributed by atoms with E-state index in [0.29, 0.717) is 11.0 Å². The second kappa shape index (κ2) is 6.03. The van der Waals surface area contributed by atoms with Gasteiger partial charge in [0.05, 0.1) is 12.4 Å². The quantitative estimate of drug-likeness (QED) is 0.723. The van der Waals surface area contributed by atoms with E-state index in [-0.39, 0.29) is 12.0 Å². The van der Waals surface area contributed by atoms with E-state index in [1.807, 2.05) is 35.9 Å². The molecule has 6 nitrogen and oxygen atoms in total. The number of anilines is 2. The lowest BCUT2D eigenvalue weighted by molar-refractivity contribution is 0.869. The number of hydrogen-bond acceptors (Lipinski definition) is 5. The van der Waals surface area contributed by atoms with Gasteiger partial charge in [-0.25, -0.2) is 9.97 Å². The minimum atomic E-state index is 0.0360. The van der Waals surface area contributed by atoms with Crippen molar-refractivity contribution in [2.75, 3.05) is 11.1 Å². The number of nitrogens with zero attached hydrogens (tertiary/aromatic N) is 4. The fourth-order valence-electron chi connectivity index (χ4n) is 2.18. The number of nitrogens with one attached hydrogen (secondary N) is 1. The van der Waals surface area contributed by atoms with E-state index in [1.165, 1.54) is 0 Å². The van der Waals surface area contributed by atoms with E-state index < -0.39 is 0 Å². The molecule has 0 bridgehead atoms. The average molecular weight is 315 g/mol. The van der Waals surface area contributed by atoms with Crippen LogP contribution in [0.2, 0.25) is 5.15 Å². The molecule has 112 valence electrons. The van der Waals surface area contributed by atoms with Gasteiger partial charge in [-0.05, 0) is 24.6 Å². The second-order valence-electron chi connectivity index (χ2n) is 4.87. The predicted molar refractivity (Wildman–Crippen MR) is 87.1 cm³/mol. The summed E-state index contributed by atoms with van der Waals surface area (Å²) in [7, 11) is 0. The summed E-state index contributed by atoms with van der Waals surface area (Å²) >= 11 is 5.89. The van der Waals surface area contributed by atoms with E-state index in [1.54, 1.807) is 18.6 Å². The molecule has 7 heteroatoms. The van der Waals surface area contributed by atoms with Crippen LogP contribution in [0.15, 0.2) is 49.1 Å². The number of aromatic nitrogens is 4. The Morgan fingerprint density at radius 1 is 1.27 bits per heavy atom. The maximum Gasteiger partial charge on any atom is 0.223 e. The molecule has 3 rings (SSSR count). The first kappa shape index (κ1) is 14.3. The van der Waals surface area contributed by atoms with Crippen molar-refractivity contribution in [2.45, 2.75) is 13.0 Å². The van der Waals surface area contributed by atoms with Crippen molar-refractivity contribution in [3.63, 3.8) is 0 Å². The van der Waals surface area contributed by atoms with Gasteiger partial charge in [0.25, 0.3) is 0 Å². The highest BCUT2D eigenvalue weighted by Gasteiger charge is 2.09. The van der Waals surface area contributed by atoms with Gasteiger partial charge < -0.3 is 15.6 Å². The Labute approximate surface area is 133 Å². The van der Waals surface area contributed by atoms with E-state index in [2.05, 4.69) is 26.3 Å². The summed E-state index contributed by atoms with van der Waals surface area (Å²) < 4.78 is 1.95. The molecule has 0 amide bonds. The number of benzene rings is 1. The topological polar surface area (TPSA) is 81.6 Å². The van der Waals surface area contributed by atoms with Crippen LogP contribution in [0.5, 0.6) is 0 Å². The molecule has 0 aliphatic rings. The van der Waals surface area contributed by atoms with Gasteiger partial charge in [0.2, 0.25) is 5.95 Å². The molecule has 22 heavy (non-hydrogen) atoms. The number of hydrogen-bond donors (Lipinski definition) is 2. The number of imidazole rings is 1. The van der Waals surface area contributed by atoms with Crippen molar-refractivity contribution in [3.05, 3.63) is 59.8 Å². The lowest BCUT2D eigenvalue weighted by atomic mass is 10.1. The third-order valence-corrected chi connectivity index (χ3v) is 3.44. The first-order valence-corrected chi connectivity index (χ1v) is 7.14. The van der Waals surface area contributed by atoms with Gasteiger partial charge in [-0.1, -0.05) is 23.7 Å². The lowest BCUT2D eigenvalue weighted by Crippen LogP contribution is -2.10. The first-order chi connectivity index (χ1) is 10.6. The number of nitrogens with two attached hydrogens (primary N) is 1. The van der Waals surface area contributed by atoms with Crippen molar-refractivity contribution >= 4 is 23.4 Å². The highest BCUT2D eigenvalue weighted by Crippen LogP contribution is 2.22. The molecule has 0 spiro atoms. The summed E-state index contributed by atoms with van der Waals surface area (Å²) in [5.74, 6) is 0.743.